The zero-order chi connectivity index (χ0) is 14.8. The van der Waals surface area contributed by atoms with Crippen molar-refractivity contribution in [3.8, 4) is 16.9 Å². The molecule has 4 nitrogen and oxygen atoms in total. The molecule has 1 heterocycles. The molecular formula is C17H15N3O. The molecule has 3 rings (SSSR count). The van der Waals surface area contributed by atoms with E-state index in [4.69, 9.17) is 5.73 Å². The van der Waals surface area contributed by atoms with Crippen LogP contribution in [0.1, 0.15) is 5.56 Å². The van der Waals surface area contributed by atoms with Crippen molar-refractivity contribution in [2.75, 3.05) is 5.73 Å². The first kappa shape index (κ1) is 13.1. The van der Waals surface area contributed by atoms with Crippen LogP contribution >= 0.6 is 0 Å². The molecule has 0 aliphatic heterocycles. The standard InChI is InChI=1S/C17H15N3O/c1-12-11-14(7-8-15(12)18)20-16(9-10-19-17(20)21)13-5-3-2-4-6-13/h2-11H,18H2,1H3. The SMILES string of the molecule is Cc1cc(-n2c(-c3ccccc3)ccnc2=O)ccc1N. The van der Waals surface area contributed by atoms with Crippen molar-refractivity contribution in [2.24, 2.45) is 0 Å². The molecule has 104 valence electrons. The molecule has 0 fully saturated rings. The Morgan fingerprint density at radius 2 is 1.81 bits per heavy atom. The number of nitrogen functional groups attached to an aromatic ring is 1. The van der Waals surface area contributed by atoms with E-state index in [0.717, 1.165) is 22.5 Å². The monoisotopic (exact) mass is 277 g/mol. The Labute approximate surface area is 122 Å². The molecule has 1 aromatic heterocycles. The van der Waals surface area contributed by atoms with Gasteiger partial charge < -0.3 is 5.73 Å². The summed E-state index contributed by atoms with van der Waals surface area (Å²) in [5.74, 6) is 0. The second kappa shape index (κ2) is 5.25. The third-order valence-electron chi connectivity index (χ3n) is 3.43. The topological polar surface area (TPSA) is 60.9 Å². The van der Waals surface area contributed by atoms with Crippen LogP contribution in [0, 0.1) is 6.92 Å². The number of aromatic nitrogens is 2. The Bertz CT molecular complexity index is 838. The van der Waals surface area contributed by atoms with Crippen LogP contribution in [0.2, 0.25) is 0 Å². The van der Waals surface area contributed by atoms with Crippen LogP contribution in [-0.4, -0.2) is 9.55 Å². The highest BCUT2D eigenvalue weighted by Crippen LogP contribution is 2.22. The van der Waals surface area contributed by atoms with Crippen LogP contribution in [0.5, 0.6) is 0 Å². The van der Waals surface area contributed by atoms with Crippen molar-refractivity contribution < 1.29 is 0 Å². The number of nitrogens with two attached hydrogens (primary N) is 1. The number of benzene rings is 2. The summed E-state index contributed by atoms with van der Waals surface area (Å²) >= 11 is 0. The molecule has 0 atom stereocenters. The van der Waals surface area contributed by atoms with E-state index in [9.17, 15) is 4.79 Å². The third kappa shape index (κ3) is 2.43. The molecule has 0 amide bonds. The van der Waals surface area contributed by atoms with Crippen LogP contribution < -0.4 is 11.4 Å². The number of aryl methyl sites for hydroxylation is 1. The summed E-state index contributed by atoms with van der Waals surface area (Å²) in [5, 5.41) is 0. The summed E-state index contributed by atoms with van der Waals surface area (Å²) in [6.45, 7) is 1.92. The maximum atomic E-state index is 12.2. The zero-order valence-corrected chi connectivity index (χ0v) is 11.7. The summed E-state index contributed by atoms with van der Waals surface area (Å²) in [4.78, 5) is 16.1. The Morgan fingerprint density at radius 3 is 2.52 bits per heavy atom. The minimum absolute atomic E-state index is 0.305. The largest absolute Gasteiger partial charge is 0.399 e. The lowest BCUT2D eigenvalue weighted by atomic mass is 10.1. The van der Waals surface area contributed by atoms with E-state index in [1.165, 1.54) is 6.20 Å². The number of nitrogens with zero attached hydrogens (tertiary/aromatic N) is 2. The highest BCUT2D eigenvalue weighted by Gasteiger charge is 2.09. The molecule has 2 aromatic carbocycles. The van der Waals surface area contributed by atoms with Crippen LogP contribution in [0.3, 0.4) is 0 Å². The maximum Gasteiger partial charge on any atom is 0.352 e. The van der Waals surface area contributed by atoms with Crippen molar-refractivity contribution in [2.45, 2.75) is 6.92 Å². The molecular weight excluding hydrogens is 262 g/mol. The highest BCUT2D eigenvalue weighted by atomic mass is 16.1. The molecule has 0 aliphatic carbocycles. The van der Waals surface area contributed by atoms with Gasteiger partial charge in [-0.05, 0) is 42.3 Å². The second-order valence-electron chi connectivity index (χ2n) is 4.85. The molecule has 21 heavy (non-hydrogen) atoms. The van der Waals surface area contributed by atoms with E-state index in [-0.39, 0.29) is 5.69 Å². The molecule has 3 aromatic rings. The van der Waals surface area contributed by atoms with E-state index in [2.05, 4.69) is 4.98 Å². The van der Waals surface area contributed by atoms with Crippen LogP contribution in [0.4, 0.5) is 5.69 Å². The lowest BCUT2D eigenvalue weighted by molar-refractivity contribution is 0.922. The van der Waals surface area contributed by atoms with Gasteiger partial charge in [0.2, 0.25) is 0 Å². The van der Waals surface area contributed by atoms with E-state index in [1.807, 2.05) is 55.5 Å². The van der Waals surface area contributed by atoms with Gasteiger partial charge in [-0.1, -0.05) is 30.3 Å². The Morgan fingerprint density at radius 1 is 1.05 bits per heavy atom. The van der Waals surface area contributed by atoms with Crippen LogP contribution in [-0.2, 0) is 0 Å². The van der Waals surface area contributed by atoms with Gasteiger partial charge >= 0.3 is 5.69 Å². The van der Waals surface area contributed by atoms with Gasteiger partial charge in [-0.15, -0.1) is 0 Å². The normalized spacial score (nSPS) is 10.5. The van der Waals surface area contributed by atoms with Gasteiger partial charge in [0.25, 0.3) is 0 Å². The smallest absolute Gasteiger partial charge is 0.352 e. The van der Waals surface area contributed by atoms with Crippen molar-refractivity contribution in [1.82, 2.24) is 9.55 Å². The van der Waals surface area contributed by atoms with Gasteiger partial charge in [0.1, 0.15) is 0 Å². The molecule has 0 bridgehead atoms. The van der Waals surface area contributed by atoms with Crippen molar-refractivity contribution in [3.05, 3.63) is 76.8 Å². The molecule has 0 unspecified atom stereocenters. The summed E-state index contributed by atoms with van der Waals surface area (Å²) in [7, 11) is 0. The molecule has 0 saturated heterocycles. The molecule has 0 spiro atoms. The number of hydrogen-bond acceptors (Lipinski definition) is 3. The molecule has 0 aliphatic rings. The fraction of sp³-hybridized carbons (Fsp3) is 0.0588. The van der Waals surface area contributed by atoms with Gasteiger partial charge in [0.15, 0.2) is 0 Å². The summed E-state index contributed by atoms with van der Waals surface area (Å²) < 4.78 is 1.60. The third-order valence-corrected chi connectivity index (χ3v) is 3.43. The predicted octanol–water partition coefficient (Wildman–Crippen LogP) is 2.79. The first-order chi connectivity index (χ1) is 10.2. The van der Waals surface area contributed by atoms with Gasteiger partial charge in [-0.3, -0.25) is 4.57 Å². The average molecular weight is 277 g/mol. The summed E-state index contributed by atoms with van der Waals surface area (Å²) in [5.41, 5.74) is 9.72. The minimum Gasteiger partial charge on any atom is -0.399 e. The van der Waals surface area contributed by atoms with Crippen molar-refractivity contribution >= 4 is 5.69 Å². The maximum absolute atomic E-state index is 12.2. The summed E-state index contributed by atoms with van der Waals surface area (Å²) in [6, 6.07) is 17.1. The van der Waals surface area contributed by atoms with Crippen molar-refractivity contribution in [3.63, 3.8) is 0 Å². The minimum atomic E-state index is -0.305. The van der Waals surface area contributed by atoms with E-state index < -0.39 is 0 Å². The molecule has 4 heteroatoms. The van der Waals surface area contributed by atoms with Gasteiger partial charge in [0, 0.05) is 11.9 Å². The van der Waals surface area contributed by atoms with Gasteiger partial charge in [-0.2, -0.15) is 0 Å². The van der Waals surface area contributed by atoms with E-state index in [0.29, 0.717) is 5.69 Å². The van der Waals surface area contributed by atoms with E-state index in [1.54, 1.807) is 10.6 Å². The fourth-order valence-electron chi connectivity index (χ4n) is 2.29. The highest BCUT2D eigenvalue weighted by molar-refractivity contribution is 5.63. The predicted molar refractivity (Wildman–Crippen MR) is 84.4 cm³/mol. The average Bonchev–Trinajstić information content (AvgIpc) is 2.51. The number of hydrogen-bond donors (Lipinski definition) is 1. The fourth-order valence-corrected chi connectivity index (χ4v) is 2.29. The second-order valence-corrected chi connectivity index (χ2v) is 4.85. The van der Waals surface area contributed by atoms with Gasteiger partial charge in [-0.25, -0.2) is 9.78 Å². The van der Waals surface area contributed by atoms with Crippen molar-refractivity contribution in [1.29, 1.82) is 0 Å². The number of anilines is 1. The molecule has 2 N–H and O–H groups in total. The first-order valence-electron chi connectivity index (χ1n) is 6.67. The molecule has 0 saturated carbocycles. The lowest BCUT2D eigenvalue weighted by Crippen LogP contribution is -2.22. The van der Waals surface area contributed by atoms with E-state index >= 15 is 0 Å². The Balaban J connectivity index is 2.27. The van der Waals surface area contributed by atoms with Crippen LogP contribution in [0.15, 0.2) is 65.6 Å². The van der Waals surface area contributed by atoms with Gasteiger partial charge in [0.05, 0.1) is 11.4 Å². The Hall–Kier alpha value is -2.88. The Kier molecular flexibility index (Phi) is 3.28. The zero-order valence-electron chi connectivity index (χ0n) is 11.7. The lowest BCUT2D eigenvalue weighted by Gasteiger charge is -2.13. The first-order valence-corrected chi connectivity index (χ1v) is 6.67. The molecule has 0 radical (unpaired) electrons. The summed E-state index contributed by atoms with van der Waals surface area (Å²) in [6.07, 6.45) is 1.53. The van der Waals surface area contributed by atoms with Crippen LogP contribution in [0.25, 0.3) is 16.9 Å². The quantitative estimate of drug-likeness (QED) is 0.733. The number of rotatable bonds is 2.